The maximum atomic E-state index is 13.9. The molecule has 3 aliphatic rings. The second-order valence-electron chi connectivity index (χ2n) is 9.50. The number of likely N-dealkylation sites (tertiary alicyclic amines) is 1. The number of hydrogen-bond donors (Lipinski definition) is 1. The standard InChI is InChI=1S/C24H42FNO/c1-2-3-7-22-19(14-18-27)9-10-23(22)20-11-15-26(16-12-20)17-13-21-6-4-5-8-24(21)25/h8,19-23,27H,2-7,9-18H2,1H3. The summed E-state index contributed by atoms with van der Waals surface area (Å²) in [6, 6.07) is 0. The van der Waals surface area contributed by atoms with Gasteiger partial charge in [-0.3, -0.25) is 0 Å². The molecule has 1 aliphatic heterocycles. The zero-order chi connectivity index (χ0) is 19.1. The zero-order valence-corrected chi connectivity index (χ0v) is 17.6. The van der Waals surface area contributed by atoms with Gasteiger partial charge in [-0.05, 0) is 108 Å². The van der Waals surface area contributed by atoms with E-state index in [2.05, 4.69) is 11.8 Å². The minimum absolute atomic E-state index is 0.163. The van der Waals surface area contributed by atoms with E-state index < -0.39 is 0 Å². The normalized spacial score (nSPS) is 33.4. The van der Waals surface area contributed by atoms with Crippen molar-refractivity contribution in [3.05, 3.63) is 11.9 Å². The van der Waals surface area contributed by atoms with Crippen LogP contribution in [0, 0.1) is 29.6 Å². The first-order valence-electron chi connectivity index (χ1n) is 11.9. The fourth-order valence-corrected chi connectivity index (χ4v) is 6.32. The van der Waals surface area contributed by atoms with Gasteiger partial charge in [0.2, 0.25) is 0 Å². The topological polar surface area (TPSA) is 23.5 Å². The van der Waals surface area contributed by atoms with Gasteiger partial charge in [0.15, 0.2) is 0 Å². The summed E-state index contributed by atoms with van der Waals surface area (Å²) in [5.41, 5.74) is 0. The second-order valence-corrected chi connectivity index (χ2v) is 9.50. The number of unbranched alkanes of at least 4 members (excludes halogenated alkanes) is 1. The van der Waals surface area contributed by atoms with Gasteiger partial charge >= 0.3 is 0 Å². The van der Waals surface area contributed by atoms with Gasteiger partial charge in [-0.15, -0.1) is 0 Å². The van der Waals surface area contributed by atoms with E-state index in [1.807, 2.05) is 6.08 Å². The maximum Gasteiger partial charge on any atom is 0.0991 e. The SMILES string of the molecule is CCCCC1C(CCO)CCC1C1CCN(CCC2CCCC=C2F)CC1. The number of aliphatic hydroxyl groups is 1. The summed E-state index contributed by atoms with van der Waals surface area (Å²) in [7, 11) is 0. The molecule has 0 bridgehead atoms. The number of rotatable bonds is 9. The molecule has 4 atom stereocenters. The summed E-state index contributed by atoms with van der Waals surface area (Å²) in [6.45, 7) is 6.17. The van der Waals surface area contributed by atoms with Gasteiger partial charge in [0, 0.05) is 12.5 Å². The third kappa shape index (κ3) is 5.79. The predicted octanol–water partition coefficient (Wildman–Crippen LogP) is 5.96. The number of hydrogen-bond acceptors (Lipinski definition) is 2. The quantitative estimate of drug-likeness (QED) is 0.534. The monoisotopic (exact) mass is 379 g/mol. The van der Waals surface area contributed by atoms with Crippen molar-refractivity contribution in [3.8, 4) is 0 Å². The Labute approximate surface area is 166 Å². The van der Waals surface area contributed by atoms with Gasteiger partial charge in [-0.25, -0.2) is 4.39 Å². The summed E-state index contributed by atoms with van der Waals surface area (Å²) in [5, 5.41) is 9.45. The van der Waals surface area contributed by atoms with Crippen LogP contribution in [0.25, 0.3) is 0 Å². The Morgan fingerprint density at radius 2 is 1.89 bits per heavy atom. The molecule has 1 heterocycles. The van der Waals surface area contributed by atoms with Crippen molar-refractivity contribution in [1.29, 1.82) is 0 Å². The summed E-state index contributed by atoms with van der Waals surface area (Å²) in [6.07, 6.45) is 16.4. The van der Waals surface area contributed by atoms with Crippen LogP contribution in [0.15, 0.2) is 11.9 Å². The molecule has 0 aromatic carbocycles. The number of allylic oxidation sites excluding steroid dienone is 2. The maximum absolute atomic E-state index is 13.9. The van der Waals surface area contributed by atoms with Gasteiger partial charge in [-0.2, -0.15) is 0 Å². The lowest BCUT2D eigenvalue weighted by molar-refractivity contribution is 0.107. The van der Waals surface area contributed by atoms with E-state index in [0.29, 0.717) is 6.61 Å². The molecule has 3 heteroatoms. The molecular formula is C24H42FNO. The average Bonchev–Trinajstić information content (AvgIpc) is 3.09. The van der Waals surface area contributed by atoms with Gasteiger partial charge in [0.25, 0.3) is 0 Å². The van der Waals surface area contributed by atoms with Crippen LogP contribution in [0.1, 0.15) is 84.0 Å². The Hall–Kier alpha value is -0.410. The van der Waals surface area contributed by atoms with Crippen LogP contribution in [0.2, 0.25) is 0 Å². The zero-order valence-electron chi connectivity index (χ0n) is 17.6. The summed E-state index contributed by atoms with van der Waals surface area (Å²) < 4.78 is 13.9. The number of nitrogens with zero attached hydrogens (tertiary/aromatic N) is 1. The van der Waals surface area contributed by atoms with Gasteiger partial charge in [0.05, 0.1) is 5.83 Å². The molecule has 0 spiro atoms. The van der Waals surface area contributed by atoms with Crippen LogP contribution in [0.3, 0.4) is 0 Å². The van der Waals surface area contributed by atoms with E-state index in [4.69, 9.17) is 0 Å². The lowest BCUT2D eigenvalue weighted by Gasteiger charge is -2.38. The largest absolute Gasteiger partial charge is 0.396 e. The van der Waals surface area contributed by atoms with Crippen molar-refractivity contribution in [2.75, 3.05) is 26.2 Å². The lowest BCUT2D eigenvalue weighted by Crippen LogP contribution is -2.38. The molecule has 1 saturated carbocycles. The van der Waals surface area contributed by atoms with E-state index in [1.165, 1.54) is 58.0 Å². The molecule has 0 aromatic heterocycles. The molecule has 0 aromatic rings. The van der Waals surface area contributed by atoms with Crippen molar-refractivity contribution in [1.82, 2.24) is 4.90 Å². The molecule has 0 radical (unpaired) electrons. The minimum Gasteiger partial charge on any atom is -0.396 e. The second kappa shape index (κ2) is 11.0. The number of aliphatic hydroxyl groups excluding tert-OH is 1. The van der Waals surface area contributed by atoms with E-state index >= 15 is 0 Å². The third-order valence-electron chi connectivity index (χ3n) is 7.93. The van der Waals surface area contributed by atoms with Crippen molar-refractivity contribution in [2.24, 2.45) is 29.6 Å². The smallest absolute Gasteiger partial charge is 0.0991 e. The molecule has 2 nitrogen and oxygen atoms in total. The Balaban J connectivity index is 1.45. The predicted molar refractivity (Wildman–Crippen MR) is 111 cm³/mol. The number of piperidine rings is 1. The highest BCUT2D eigenvalue weighted by molar-refractivity contribution is 5.01. The Morgan fingerprint density at radius 3 is 2.59 bits per heavy atom. The van der Waals surface area contributed by atoms with Crippen LogP contribution in [0.5, 0.6) is 0 Å². The Morgan fingerprint density at radius 1 is 1.07 bits per heavy atom. The Kier molecular flexibility index (Phi) is 8.64. The molecule has 0 amide bonds. The molecule has 3 rings (SSSR count). The fraction of sp³-hybridized carbons (Fsp3) is 0.917. The highest BCUT2D eigenvalue weighted by Gasteiger charge is 2.40. The van der Waals surface area contributed by atoms with Crippen molar-refractivity contribution in [3.63, 3.8) is 0 Å². The van der Waals surface area contributed by atoms with Crippen LogP contribution in [-0.4, -0.2) is 36.2 Å². The van der Waals surface area contributed by atoms with Crippen LogP contribution in [-0.2, 0) is 0 Å². The highest BCUT2D eigenvalue weighted by Crippen LogP contribution is 2.47. The summed E-state index contributed by atoms with van der Waals surface area (Å²) in [5.74, 6) is 3.77. The van der Waals surface area contributed by atoms with Gasteiger partial charge in [-0.1, -0.05) is 25.8 Å². The van der Waals surface area contributed by atoms with Crippen molar-refractivity contribution < 1.29 is 9.50 Å². The number of halogens is 1. The van der Waals surface area contributed by atoms with Crippen LogP contribution >= 0.6 is 0 Å². The molecule has 1 saturated heterocycles. The lowest BCUT2D eigenvalue weighted by atomic mass is 9.74. The van der Waals surface area contributed by atoms with Crippen molar-refractivity contribution in [2.45, 2.75) is 84.0 Å². The summed E-state index contributed by atoms with van der Waals surface area (Å²) in [4.78, 5) is 2.60. The molecule has 2 aliphatic carbocycles. The molecule has 2 fully saturated rings. The van der Waals surface area contributed by atoms with Crippen molar-refractivity contribution >= 4 is 0 Å². The molecule has 27 heavy (non-hydrogen) atoms. The molecule has 4 unspecified atom stereocenters. The molecular weight excluding hydrogens is 337 g/mol. The molecule has 1 N–H and O–H groups in total. The van der Waals surface area contributed by atoms with Gasteiger partial charge in [0.1, 0.15) is 0 Å². The fourth-order valence-electron chi connectivity index (χ4n) is 6.32. The Bertz CT molecular complexity index is 457. The van der Waals surface area contributed by atoms with E-state index in [-0.39, 0.29) is 11.7 Å². The van der Waals surface area contributed by atoms with Gasteiger partial charge < -0.3 is 10.0 Å². The summed E-state index contributed by atoms with van der Waals surface area (Å²) >= 11 is 0. The minimum atomic E-state index is 0.163. The van der Waals surface area contributed by atoms with E-state index in [0.717, 1.165) is 62.3 Å². The third-order valence-corrected chi connectivity index (χ3v) is 7.93. The first-order chi connectivity index (χ1) is 13.2. The first-order valence-corrected chi connectivity index (χ1v) is 11.9. The first kappa shape index (κ1) is 21.3. The highest BCUT2D eigenvalue weighted by atomic mass is 19.1. The van der Waals surface area contributed by atoms with E-state index in [9.17, 15) is 9.50 Å². The van der Waals surface area contributed by atoms with Crippen LogP contribution < -0.4 is 0 Å². The van der Waals surface area contributed by atoms with Crippen LogP contribution in [0.4, 0.5) is 4.39 Å². The molecule has 156 valence electrons. The van der Waals surface area contributed by atoms with E-state index in [1.54, 1.807) is 0 Å². The average molecular weight is 380 g/mol.